The Hall–Kier alpha value is -2.18. The number of nitrogens with one attached hydrogen (secondary N) is 1. The van der Waals surface area contributed by atoms with E-state index in [0.29, 0.717) is 17.4 Å². The molecular formula is C22H23FN2OS2. The summed E-state index contributed by atoms with van der Waals surface area (Å²) >= 11 is 3.07. The van der Waals surface area contributed by atoms with Crippen molar-refractivity contribution in [3.8, 4) is 10.6 Å². The summed E-state index contributed by atoms with van der Waals surface area (Å²) < 4.78 is 13.0. The van der Waals surface area contributed by atoms with Crippen LogP contribution in [0.1, 0.15) is 36.6 Å². The van der Waals surface area contributed by atoms with Crippen molar-refractivity contribution in [2.75, 3.05) is 11.1 Å². The average molecular weight is 415 g/mol. The van der Waals surface area contributed by atoms with E-state index in [0.717, 1.165) is 33.1 Å². The molecule has 0 aliphatic heterocycles. The number of nitrogens with zero attached hydrogens (tertiary/aromatic N) is 1. The van der Waals surface area contributed by atoms with Gasteiger partial charge in [-0.2, -0.15) is 0 Å². The average Bonchev–Trinajstić information content (AvgIpc) is 3.12. The Morgan fingerprint density at radius 2 is 1.96 bits per heavy atom. The van der Waals surface area contributed by atoms with Gasteiger partial charge in [0.05, 0.1) is 11.4 Å². The maximum Gasteiger partial charge on any atom is 0.234 e. The summed E-state index contributed by atoms with van der Waals surface area (Å²) in [5, 5.41) is 5.92. The minimum Gasteiger partial charge on any atom is -0.325 e. The molecule has 1 aromatic heterocycles. The number of hydrogen-bond acceptors (Lipinski definition) is 4. The van der Waals surface area contributed by atoms with Gasteiger partial charge in [0.15, 0.2) is 0 Å². The van der Waals surface area contributed by atoms with E-state index in [9.17, 15) is 9.18 Å². The van der Waals surface area contributed by atoms with Gasteiger partial charge < -0.3 is 5.32 Å². The van der Waals surface area contributed by atoms with Crippen LogP contribution >= 0.6 is 23.1 Å². The zero-order valence-electron chi connectivity index (χ0n) is 16.2. The standard InChI is InChI=1S/C22H23FN2OS2/c1-14(2)19-6-4-5-15(3)21(19)25-20(26)13-27-11-18-12-28-22(24-18)16-7-9-17(23)10-8-16/h4-10,12,14H,11,13H2,1-3H3,(H,25,26). The van der Waals surface area contributed by atoms with E-state index in [-0.39, 0.29) is 11.7 Å². The molecule has 0 radical (unpaired) electrons. The lowest BCUT2D eigenvalue weighted by atomic mass is 9.98. The minimum absolute atomic E-state index is 0.00446. The number of amides is 1. The number of carbonyl (C=O) groups excluding carboxylic acids is 1. The van der Waals surface area contributed by atoms with Crippen LogP contribution in [-0.4, -0.2) is 16.6 Å². The van der Waals surface area contributed by atoms with Crippen molar-refractivity contribution in [3.05, 3.63) is 70.5 Å². The van der Waals surface area contributed by atoms with E-state index in [2.05, 4.69) is 30.2 Å². The smallest absolute Gasteiger partial charge is 0.234 e. The Morgan fingerprint density at radius 3 is 2.68 bits per heavy atom. The summed E-state index contributed by atoms with van der Waals surface area (Å²) in [5.41, 5.74) is 4.99. The van der Waals surface area contributed by atoms with E-state index < -0.39 is 0 Å². The molecule has 0 saturated carbocycles. The number of aromatic nitrogens is 1. The molecule has 1 amide bonds. The fourth-order valence-corrected chi connectivity index (χ4v) is 4.51. The highest BCUT2D eigenvalue weighted by molar-refractivity contribution is 7.99. The van der Waals surface area contributed by atoms with Crippen molar-refractivity contribution in [2.45, 2.75) is 32.4 Å². The summed E-state index contributed by atoms with van der Waals surface area (Å²) in [4.78, 5) is 17.0. The van der Waals surface area contributed by atoms with E-state index in [1.54, 1.807) is 12.1 Å². The number of aryl methyl sites for hydroxylation is 1. The van der Waals surface area contributed by atoms with Crippen LogP contribution < -0.4 is 5.32 Å². The van der Waals surface area contributed by atoms with Crippen molar-refractivity contribution >= 4 is 34.7 Å². The molecule has 0 spiro atoms. The molecule has 0 atom stereocenters. The number of halogens is 1. The van der Waals surface area contributed by atoms with Gasteiger partial charge in [0.25, 0.3) is 0 Å². The van der Waals surface area contributed by atoms with Crippen LogP contribution in [0.4, 0.5) is 10.1 Å². The molecule has 2 aromatic carbocycles. The maximum atomic E-state index is 13.0. The minimum atomic E-state index is -0.253. The Labute approximate surface area is 173 Å². The number of para-hydroxylation sites is 1. The number of carbonyl (C=O) groups is 1. The zero-order valence-corrected chi connectivity index (χ0v) is 17.8. The second-order valence-electron chi connectivity index (χ2n) is 6.89. The molecule has 1 heterocycles. The molecule has 1 N–H and O–H groups in total. The highest BCUT2D eigenvalue weighted by Crippen LogP contribution is 2.28. The second kappa shape index (κ2) is 9.34. The van der Waals surface area contributed by atoms with E-state index in [4.69, 9.17) is 0 Å². The van der Waals surface area contributed by atoms with Gasteiger partial charge >= 0.3 is 0 Å². The second-order valence-corrected chi connectivity index (χ2v) is 8.73. The molecule has 0 saturated heterocycles. The largest absolute Gasteiger partial charge is 0.325 e. The van der Waals surface area contributed by atoms with Crippen LogP contribution in [0.15, 0.2) is 47.8 Å². The highest BCUT2D eigenvalue weighted by Gasteiger charge is 2.12. The first-order valence-electron chi connectivity index (χ1n) is 9.11. The van der Waals surface area contributed by atoms with Gasteiger partial charge in [-0.25, -0.2) is 9.37 Å². The fraction of sp³-hybridized carbons (Fsp3) is 0.273. The lowest BCUT2D eigenvalue weighted by Crippen LogP contribution is -2.16. The number of thiazole rings is 1. The van der Waals surface area contributed by atoms with Gasteiger partial charge in [-0.1, -0.05) is 32.0 Å². The van der Waals surface area contributed by atoms with Crippen molar-refractivity contribution in [3.63, 3.8) is 0 Å². The molecule has 146 valence electrons. The van der Waals surface area contributed by atoms with E-state index >= 15 is 0 Å². The number of benzene rings is 2. The van der Waals surface area contributed by atoms with Crippen LogP contribution in [0.25, 0.3) is 10.6 Å². The Bertz CT molecular complexity index is 951. The highest BCUT2D eigenvalue weighted by atomic mass is 32.2. The fourth-order valence-electron chi connectivity index (χ4n) is 2.86. The number of rotatable bonds is 7. The lowest BCUT2D eigenvalue weighted by Gasteiger charge is -2.16. The van der Waals surface area contributed by atoms with Crippen molar-refractivity contribution in [1.82, 2.24) is 4.98 Å². The van der Waals surface area contributed by atoms with Gasteiger partial charge in [-0.15, -0.1) is 23.1 Å². The monoisotopic (exact) mass is 414 g/mol. The van der Waals surface area contributed by atoms with Crippen LogP contribution in [0.3, 0.4) is 0 Å². The Balaban J connectivity index is 1.55. The molecule has 28 heavy (non-hydrogen) atoms. The van der Waals surface area contributed by atoms with Gasteiger partial charge in [-0.05, 0) is 48.2 Å². The van der Waals surface area contributed by atoms with Crippen molar-refractivity contribution < 1.29 is 9.18 Å². The van der Waals surface area contributed by atoms with Gasteiger partial charge in [-0.3, -0.25) is 4.79 Å². The van der Waals surface area contributed by atoms with E-state index in [1.165, 1.54) is 35.2 Å². The number of thioether (sulfide) groups is 1. The first-order valence-corrected chi connectivity index (χ1v) is 11.1. The first-order chi connectivity index (χ1) is 13.4. The topological polar surface area (TPSA) is 42.0 Å². The van der Waals surface area contributed by atoms with Gasteiger partial charge in [0.2, 0.25) is 5.91 Å². The number of hydrogen-bond donors (Lipinski definition) is 1. The predicted molar refractivity (Wildman–Crippen MR) is 118 cm³/mol. The quantitative estimate of drug-likeness (QED) is 0.497. The zero-order chi connectivity index (χ0) is 20.1. The first kappa shape index (κ1) is 20.6. The van der Waals surface area contributed by atoms with Crippen LogP contribution in [0.5, 0.6) is 0 Å². The van der Waals surface area contributed by atoms with Gasteiger partial charge in [0.1, 0.15) is 10.8 Å². The molecular weight excluding hydrogens is 391 g/mol. The lowest BCUT2D eigenvalue weighted by molar-refractivity contribution is -0.113. The molecule has 0 aliphatic carbocycles. The van der Waals surface area contributed by atoms with Crippen molar-refractivity contribution in [1.29, 1.82) is 0 Å². The molecule has 0 aliphatic rings. The Morgan fingerprint density at radius 1 is 1.21 bits per heavy atom. The third-order valence-corrected chi connectivity index (χ3v) is 6.22. The molecule has 0 bridgehead atoms. The van der Waals surface area contributed by atoms with E-state index in [1.807, 2.05) is 24.4 Å². The molecule has 0 unspecified atom stereocenters. The van der Waals surface area contributed by atoms with Crippen LogP contribution in [0.2, 0.25) is 0 Å². The van der Waals surface area contributed by atoms with Crippen molar-refractivity contribution in [2.24, 2.45) is 0 Å². The van der Waals surface area contributed by atoms with Crippen LogP contribution in [-0.2, 0) is 10.5 Å². The maximum absolute atomic E-state index is 13.0. The third kappa shape index (κ3) is 5.20. The summed E-state index contributed by atoms with van der Waals surface area (Å²) in [5.74, 6) is 1.12. The Kier molecular flexibility index (Phi) is 6.86. The molecule has 3 nitrogen and oxygen atoms in total. The van der Waals surface area contributed by atoms with Crippen LogP contribution in [0, 0.1) is 12.7 Å². The summed E-state index contributed by atoms with van der Waals surface area (Å²) in [6.07, 6.45) is 0. The summed E-state index contributed by atoms with van der Waals surface area (Å²) in [6.45, 7) is 6.27. The molecule has 6 heteroatoms. The normalized spacial score (nSPS) is 11.0. The number of anilines is 1. The summed E-state index contributed by atoms with van der Waals surface area (Å²) in [7, 11) is 0. The molecule has 3 aromatic rings. The SMILES string of the molecule is Cc1cccc(C(C)C)c1NC(=O)CSCc1csc(-c2ccc(F)cc2)n1. The molecule has 0 fully saturated rings. The predicted octanol–water partition coefficient (Wildman–Crippen LogP) is 6.25. The summed E-state index contributed by atoms with van der Waals surface area (Å²) in [6, 6.07) is 12.4. The third-order valence-electron chi connectivity index (χ3n) is 4.32. The van der Waals surface area contributed by atoms with Gasteiger partial charge in [0, 0.05) is 22.4 Å². The molecule has 3 rings (SSSR count).